The van der Waals surface area contributed by atoms with E-state index in [1.807, 2.05) is 18.2 Å². The molecule has 4 heteroatoms. The third-order valence-corrected chi connectivity index (χ3v) is 3.74. The van der Waals surface area contributed by atoms with E-state index < -0.39 is 0 Å². The first-order chi connectivity index (χ1) is 7.72. The molecule has 2 nitrogen and oxygen atoms in total. The second-order valence-electron chi connectivity index (χ2n) is 4.20. The fraction of sp³-hybridized carbons (Fsp3) is 0.500. The van der Waals surface area contributed by atoms with Crippen molar-refractivity contribution in [3.8, 4) is 0 Å². The highest BCUT2D eigenvalue weighted by atomic mass is 35.5. The molecule has 1 aliphatic rings. The van der Waals surface area contributed by atoms with E-state index in [0.717, 1.165) is 18.7 Å². The number of nitrogens with zero attached hydrogens (tertiary/aromatic N) is 1. The van der Waals surface area contributed by atoms with Crippen LogP contribution in [0.15, 0.2) is 18.2 Å². The molecular formula is C12H16Cl2N2. The van der Waals surface area contributed by atoms with Crippen molar-refractivity contribution in [1.82, 2.24) is 4.90 Å². The third kappa shape index (κ3) is 2.89. The van der Waals surface area contributed by atoms with Crippen molar-refractivity contribution in [1.29, 1.82) is 0 Å². The molecule has 0 unspecified atom stereocenters. The van der Waals surface area contributed by atoms with E-state index in [-0.39, 0.29) is 0 Å². The molecule has 2 rings (SSSR count). The van der Waals surface area contributed by atoms with Crippen LogP contribution in [0.2, 0.25) is 10.0 Å². The van der Waals surface area contributed by atoms with Crippen molar-refractivity contribution in [2.24, 2.45) is 5.73 Å². The molecule has 0 saturated heterocycles. The van der Waals surface area contributed by atoms with Crippen LogP contribution in [0, 0.1) is 0 Å². The van der Waals surface area contributed by atoms with E-state index in [9.17, 15) is 0 Å². The van der Waals surface area contributed by atoms with Crippen LogP contribution in [-0.4, -0.2) is 24.0 Å². The summed E-state index contributed by atoms with van der Waals surface area (Å²) in [5, 5.41) is 1.30. The molecule has 0 aromatic heterocycles. The van der Waals surface area contributed by atoms with Crippen molar-refractivity contribution in [2.45, 2.75) is 25.4 Å². The molecule has 0 heterocycles. The van der Waals surface area contributed by atoms with Crippen molar-refractivity contribution >= 4 is 23.2 Å². The Labute approximate surface area is 106 Å². The highest BCUT2D eigenvalue weighted by Gasteiger charge is 2.28. The van der Waals surface area contributed by atoms with Crippen LogP contribution in [0.1, 0.15) is 18.4 Å². The smallest absolute Gasteiger partial charge is 0.0637 e. The SMILES string of the molecule is NCCN(Cc1cccc(Cl)c1Cl)C1CC1. The van der Waals surface area contributed by atoms with Gasteiger partial charge in [0.05, 0.1) is 10.0 Å². The van der Waals surface area contributed by atoms with E-state index in [2.05, 4.69) is 4.90 Å². The van der Waals surface area contributed by atoms with Crippen LogP contribution in [0.3, 0.4) is 0 Å². The van der Waals surface area contributed by atoms with Crippen molar-refractivity contribution in [3.63, 3.8) is 0 Å². The van der Waals surface area contributed by atoms with Crippen LogP contribution in [-0.2, 0) is 6.54 Å². The molecule has 0 radical (unpaired) electrons. The molecule has 1 aromatic rings. The van der Waals surface area contributed by atoms with Gasteiger partial charge in [-0.2, -0.15) is 0 Å². The van der Waals surface area contributed by atoms with Crippen LogP contribution in [0.4, 0.5) is 0 Å². The molecule has 16 heavy (non-hydrogen) atoms. The van der Waals surface area contributed by atoms with Crippen LogP contribution < -0.4 is 5.73 Å². The number of nitrogens with two attached hydrogens (primary N) is 1. The first-order valence-corrected chi connectivity index (χ1v) is 6.35. The number of rotatable bonds is 5. The second-order valence-corrected chi connectivity index (χ2v) is 4.99. The summed E-state index contributed by atoms with van der Waals surface area (Å²) in [6.45, 7) is 2.46. The lowest BCUT2D eigenvalue weighted by atomic mass is 10.2. The Bertz CT molecular complexity index is 364. The van der Waals surface area contributed by atoms with E-state index in [1.54, 1.807) is 0 Å². The summed E-state index contributed by atoms with van der Waals surface area (Å²) in [6.07, 6.45) is 2.55. The van der Waals surface area contributed by atoms with Crippen LogP contribution >= 0.6 is 23.2 Å². The minimum Gasteiger partial charge on any atom is -0.329 e. The molecule has 1 aromatic carbocycles. The Morgan fingerprint density at radius 1 is 1.31 bits per heavy atom. The molecule has 1 saturated carbocycles. The van der Waals surface area contributed by atoms with Gasteiger partial charge in [0, 0.05) is 25.7 Å². The third-order valence-electron chi connectivity index (χ3n) is 2.88. The zero-order valence-electron chi connectivity index (χ0n) is 9.13. The zero-order valence-corrected chi connectivity index (χ0v) is 10.6. The predicted octanol–water partition coefficient (Wildman–Crippen LogP) is 2.92. The average Bonchev–Trinajstić information content (AvgIpc) is 3.07. The summed E-state index contributed by atoms with van der Waals surface area (Å²) in [4.78, 5) is 2.39. The summed E-state index contributed by atoms with van der Waals surface area (Å²) >= 11 is 12.2. The molecular weight excluding hydrogens is 243 g/mol. The molecule has 1 aliphatic carbocycles. The van der Waals surface area contributed by atoms with Gasteiger partial charge in [-0.25, -0.2) is 0 Å². The molecule has 0 amide bonds. The maximum absolute atomic E-state index is 6.17. The van der Waals surface area contributed by atoms with Gasteiger partial charge >= 0.3 is 0 Å². The number of hydrogen-bond donors (Lipinski definition) is 1. The van der Waals surface area contributed by atoms with Gasteiger partial charge in [0.25, 0.3) is 0 Å². The lowest BCUT2D eigenvalue weighted by Crippen LogP contribution is -2.31. The molecule has 0 aliphatic heterocycles. The van der Waals surface area contributed by atoms with Gasteiger partial charge in [-0.05, 0) is 24.5 Å². The van der Waals surface area contributed by atoms with E-state index in [0.29, 0.717) is 22.6 Å². The zero-order chi connectivity index (χ0) is 11.5. The summed E-state index contributed by atoms with van der Waals surface area (Å²) < 4.78 is 0. The molecule has 1 fully saturated rings. The van der Waals surface area contributed by atoms with Gasteiger partial charge in [-0.15, -0.1) is 0 Å². The normalized spacial score (nSPS) is 15.8. The molecule has 88 valence electrons. The average molecular weight is 259 g/mol. The summed E-state index contributed by atoms with van der Waals surface area (Å²) in [5.74, 6) is 0. The minimum atomic E-state index is 0.627. The quantitative estimate of drug-likeness (QED) is 0.880. The highest BCUT2D eigenvalue weighted by Crippen LogP contribution is 2.31. The number of benzene rings is 1. The van der Waals surface area contributed by atoms with Gasteiger partial charge < -0.3 is 5.73 Å². The lowest BCUT2D eigenvalue weighted by Gasteiger charge is -2.21. The maximum Gasteiger partial charge on any atom is 0.0637 e. The first-order valence-electron chi connectivity index (χ1n) is 5.59. The van der Waals surface area contributed by atoms with Gasteiger partial charge in [-0.1, -0.05) is 35.3 Å². The summed E-state index contributed by atoms with van der Waals surface area (Å²) in [5.41, 5.74) is 6.71. The largest absolute Gasteiger partial charge is 0.329 e. The molecule has 2 N–H and O–H groups in total. The fourth-order valence-electron chi connectivity index (χ4n) is 1.89. The Kier molecular flexibility index (Phi) is 4.09. The second kappa shape index (κ2) is 5.37. The van der Waals surface area contributed by atoms with Gasteiger partial charge in [0.15, 0.2) is 0 Å². The lowest BCUT2D eigenvalue weighted by molar-refractivity contribution is 0.262. The van der Waals surface area contributed by atoms with Gasteiger partial charge in [-0.3, -0.25) is 4.90 Å². The van der Waals surface area contributed by atoms with E-state index in [4.69, 9.17) is 28.9 Å². The monoisotopic (exact) mass is 258 g/mol. The van der Waals surface area contributed by atoms with Crippen molar-refractivity contribution in [2.75, 3.05) is 13.1 Å². The van der Waals surface area contributed by atoms with Crippen molar-refractivity contribution in [3.05, 3.63) is 33.8 Å². The summed E-state index contributed by atoms with van der Waals surface area (Å²) in [6, 6.07) is 6.48. The Morgan fingerprint density at radius 3 is 2.69 bits per heavy atom. The van der Waals surface area contributed by atoms with E-state index in [1.165, 1.54) is 12.8 Å². The number of hydrogen-bond acceptors (Lipinski definition) is 2. The van der Waals surface area contributed by atoms with Gasteiger partial charge in [0.1, 0.15) is 0 Å². The van der Waals surface area contributed by atoms with Crippen LogP contribution in [0.25, 0.3) is 0 Å². The molecule has 0 spiro atoms. The van der Waals surface area contributed by atoms with Gasteiger partial charge in [0.2, 0.25) is 0 Å². The Hall–Kier alpha value is -0.280. The topological polar surface area (TPSA) is 29.3 Å². The molecule has 0 bridgehead atoms. The number of halogens is 2. The van der Waals surface area contributed by atoms with Crippen LogP contribution in [0.5, 0.6) is 0 Å². The predicted molar refractivity (Wildman–Crippen MR) is 68.9 cm³/mol. The van der Waals surface area contributed by atoms with E-state index >= 15 is 0 Å². The Balaban J connectivity index is 2.08. The fourth-order valence-corrected chi connectivity index (χ4v) is 2.27. The maximum atomic E-state index is 6.17. The minimum absolute atomic E-state index is 0.627. The highest BCUT2D eigenvalue weighted by molar-refractivity contribution is 6.42. The summed E-state index contributed by atoms with van der Waals surface area (Å²) in [7, 11) is 0. The first kappa shape index (κ1) is 12.2. The standard InChI is InChI=1S/C12H16Cl2N2/c13-11-3-1-2-9(12(11)14)8-16(7-6-15)10-4-5-10/h1-3,10H,4-8,15H2. The van der Waals surface area contributed by atoms with Crippen molar-refractivity contribution < 1.29 is 0 Å². The molecule has 0 atom stereocenters. The Morgan fingerprint density at radius 2 is 2.06 bits per heavy atom.